The topological polar surface area (TPSA) is 144 Å². The monoisotopic (exact) mass is 387 g/mol. The SMILES string of the molecule is [B]C12[B]C13CCC(CC/C(N)=N/NN)CC3CC(C(=O)OCCNC(C)=O)N2. The first-order chi connectivity index (χ1) is 13.3. The van der Waals surface area contributed by atoms with E-state index < -0.39 is 11.4 Å². The van der Waals surface area contributed by atoms with Gasteiger partial charge >= 0.3 is 5.97 Å². The molecule has 3 rings (SSSR count). The van der Waals surface area contributed by atoms with Crippen molar-refractivity contribution < 1.29 is 14.3 Å². The highest BCUT2D eigenvalue weighted by molar-refractivity contribution is 6.72. The number of carbonyl (C=O) groups excluding carboxylic acids is 2. The van der Waals surface area contributed by atoms with E-state index in [1.807, 2.05) is 0 Å². The second kappa shape index (κ2) is 8.32. The van der Waals surface area contributed by atoms with Crippen LogP contribution in [-0.4, -0.2) is 57.4 Å². The van der Waals surface area contributed by atoms with Crippen LogP contribution in [0.25, 0.3) is 0 Å². The van der Waals surface area contributed by atoms with Gasteiger partial charge in [-0.1, -0.05) is 18.2 Å². The normalized spacial score (nSPS) is 36.4. The predicted octanol–water partition coefficient (Wildman–Crippen LogP) is -1.34. The zero-order chi connectivity index (χ0) is 20.4. The number of esters is 1. The van der Waals surface area contributed by atoms with Crippen LogP contribution >= 0.6 is 0 Å². The molecule has 2 aliphatic heterocycles. The van der Waals surface area contributed by atoms with Gasteiger partial charge in [0, 0.05) is 13.3 Å². The molecule has 1 spiro atoms. The Balaban J connectivity index is 1.53. The first-order valence-corrected chi connectivity index (χ1v) is 9.92. The third-order valence-electron chi connectivity index (χ3n) is 6.44. The van der Waals surface area contributed by atoms with E-state index in [1.54, 1.807) is 0 Å². The molecule has 28 heavy (non-hydrogen) atoms. The lowest BCUT2D eigenvalue weighted by molar-refractivity contribution is -0.148. The number of carbonyl (C=O) groups is 2. The molecule has 2 saturated heterocycles. The Morgan fingerprint density at radius 1 is 1.43 bits per heavy atom. The molecule has 1 saturated carbocycles. The summed E-state index contributed by atoms with van der Waals surface area (Å²) >= 11 is 0. The highest BCUT2D eigenvalue weighted by Gasteiger charge is 2.71. The number of nitrogens with zero attached hydrogens (tertiary/aromatic N) is 1. The number of nitrogens with one attached hydrogen (secondary N) is 3. The van der Waals surface area contributed by atoms with Crippen molar-refractivity contribution in [3.8, 4) is 0 Å². The van der Waals surface area contributed by atoms with E-state index in [2.05, 4.69) is 28.5 Å². The maximum atomic E-state index is 12.5. The standard InChI is InChI=1S/C17H29B2N6O3/c1-10(26)22-6-7-28-15(27)13-9-12-8-11(2-3-14(20)24-25-21)4-5-16(12)17(18,19-16)23-13/h11-13,23,25H,2-9,21H2,1H3,(H2,20,24)(H,22,26). The van der Waals surface area contributed by atoms with Gasteiger partial charge in [0.1, 0.15) is 25.8 Å². The molecule has 1 amide bonds. The summed E-state index contributed by atoms with van der Waals surface area (Å²) in [5, 5.41) is 9.09. The van der Waals surface area contributed by atoms with E-state index >= 15 is 0 Å². The minimum absolute atomic E-state index is 0.0189. The molecule has 3 radical (unpaired) electrons. The molecule has 151 valence electrons. The maximum absolute atomic E-state index is 12.5. The second-order valence-electron chi connectivity index (χ2n) is 8.25. The molecule has 9 nitrogen and oxygen atoms in total. The van der Waals surface area contributed by atoms with Gasteiger partial charge in [-0.15, -0.1) is 0 Å². The average Bonchev–Trinajstić information content (AvgIpc) is 3.26. The zero-order valence-electron chi connectivity index (χ0n) is 16.4. The Labute approximate surface area is 167 Å². The first kappa shape index (κ1) is 21.0. The maximum Gasteiger partial charge on any atom is 0.323 e. The second-order valence-corrected chi connectivity index (χ2v) is 8.25. The fourth-order valence-electron chi connectivity index (χ4n) is 4.98. The van der Waals surface area contributed by atoms with Gasteiger partial charge in [0.2, 0.25) is 5.91 Å². The van der Waals surface area contributed by atoms with Crippen LogP contribution in [0.4, 0.5) is 0 Å². The summed E-state index contributed by atoms with van der Waals surface area (Å²) in [6, 6.07) is -0.425. The van der Waals surface area contributed by atoms with Crippen molar-refractivity contribution >= 4 is 32.8 Å². The van der Waals surface area contributed by atoms with Crippen LogP contribution in [0.3, 0.4) is 0 Å². The number of hydrazone groups is 1. The van der Waals surface area contributed by atoms with Crippen LogP contribution < -0.4 is 27.7 Å². The first-order valence-electron chi connectivity index (χ1n) is 9.92. The quantitative estimate of drug-likeness (QED) is 0.0660. The molecule has 0 bridgehead atoms. The van der Waals surface area contributed by atoms with Crippen molar-refractivity contribution in [3.05, 3.63) is 0 Å². The Bertz CT molecular complexity index is 650. The highest BCUT2D eigenvalue weighted by Crippen LogP contribution is 2.69. The van der Waals surface area contributed by atoms with Crippen molar-refractivity contribution in [2.45, 2.75) is 62.1 Å². The van der Waals surface area contributed by atoms with E-state index in [9.17, 15) is 9.59 Å². The largest absolute Gasteiger partial charge is 0.463 e. The van der Waals surface area contributed by atoms with Crippen LogP contribution in [-0.2, 0) is 14.3 Å². The molecule has 0 aromatic heterocycles. The molecule has 7 N–H and O–H groups in total. The third-order valence-corrected chi connectivity index (χ3v) is 6.44. The van der Waals surface area contributed by atoms with E-state index in [0.717, 1.165) is 25.7 Å². The molecule has 0 aromatic rings. The average molecular weight is 387 g/mol. The minimum atomic E-state index is -0.591. The van der Waals surface area contributed by atoms with Crippen molar-refractivity contribution in [1.29, 1.82) is 0 Å². The summed E-state index contributed by atoms with van der Waals surface area (Å²) < 4.78 is 5.32. The Morgan fingerprint density at radius 2 is 2.21 bits per heavy atom. The van der Waals surface area contributed by atoms with Gasteiger partial charge in [0.15, 0.2) is 0 Å². The molecule has 0 aromatic carbocycles. The summed E-state index contributed by atoms with van der Waals surface area (Å²) in [6.07, 6.45) is 5.46. The number of nitrogens with two attached hydrogens (primary N) is 2. The van der Waals surface area contributed by atoms with Crippen LogP contribution in [0.1, 0.15) is 45.4 Å². The smallest absolute Gasteiger partial charge is 0.323 e. The molecule has 1 aliphatic carbocycles. The molecule has 3 aliphatic rings. The van der Waals surface area contributed by atoms with E-state index in [0.29, 0.717) is 37.1 Å². The van der Waals surface area contributed by atoms with Gasteiger partial charge in [0.05, 0.1) is 14.4 Å². The molecule has 5 atom stereocenters. The lowest BCUT2D eigenvalue weighted by Crippen LogP contribution is -2.55. The van der Waals surface area contributed by atoms with E-state index in [4.69, 9.17) is 24.2 Å². The number of rotatable bonds is 8. The van der Waals surface area contributed by atoms with Gasteiger partial charge < -0.3 is 21.1 Å². The Hall–Kier alpha value is -1.74. The van der Waals surface area contributed by atoms with Crippen LogP contribution in [0.2, 0.25) is 5.31 Å². The number of hydrazine groups is 1. The zero-order valence-corrected chi connectivity index (χ0v) is 16.4. The van der Waals surface area contributed by atoms with Crippen molar-refractivity contribution in [2.24, 2.45) is 28.5 Å². The predicted molar refractivity (Wildman–Crippen MR) is 107 cm³/mol. The van der Waals surface area contributed by atoms with Gasteiger partial charge in [-0.25, -0.2) is 11.4 Å². The van der Waals surface area contributed by atoms with Crippen molar-refractivity contribution in [2.75, 3.05) is 13.2 Å². The van der Waals surface area contributed by atoms with Gasteiger partial charge in [-0.05, 0) is 36.4 Å². The molecule has 5 unspecified atom stereocenters. The Morgan fingerprint density at radius 3 is 2.93 bits per heavy atom. The van der Waals surface area contributed by atoms with Crippen molar-refractivity contribution in [3.63, 3.8) is 0 Å². The van der Waals surface area contributed by atoms with Crippen LogP contribution in [0.15, 0.2) is 5.10 Å². The summed E-state index contributed by atoms with van der Waals surface area (Å²) in [7, 11) is 8.70. The van der Waals surface area contributed by atoms with Crippen LogP contribution in [0.5, 0.6) is 0 Å². The molecule has 3 fully saturated rings. The number of piperidine rings is 1. The molecular formula is C17H29B2N6O3. The van der Waals surface area contributed by atoms with Gasteiger partial charge in [0.25, 0.3) is 0 Å². The van der Waals surface area contributed by atoms with E-state index in [-0.39, 0.29) is 23.8 Å². The van der Waals surface area contributed by atoms with Crippen molar-refractivity contribution in [1.82, 2.24) is 16.2 Å². The molecular weight excluding hydrogens is 358 g/mol. The number of ether oxygens (including phenoxy) is 1. The lowest BCUT2D eigenvalue weighted by atomic mass is 9.60. The highest BCUT2D eigenvalue weighted by atomic mass is 16.5. The third kappa shape index (κ3) is 4.30. The fraction of sp³-hybridized carbons (Fsp3) is 0.824. The number of hydrogen-bond acceptors (Lipinski definition) is 7. The van der Waals surface area contributed by atoms with Gasteiger partial charge in [-0.2, -0.15) is 5.10 Å². The van der Waals surface area contributed by atoms with Gasteiger partial charge in [-0.3, -0.25) is 9.59 Å². The summed E-state index contributed by atoms with van der Waals surface area (Å²) in [5.74, 6) is 6.07. The minimum Gasteiger partial charge on any atom is -0.463 e. The lowest BCUT2D eigenvalue weighted by Gasteiger charge is -2.47. The number of amides is 1. The summed E-state index contributed by atoms with van der Waals surface area (Å²) in [6.45, 7) is 1.89. The summed E-state index contributed by atoms with van der Waals surface area (Å²) in [4.78, 5) is 23.4. The Kier molecular flexibility index (Phi) is 6.24. The van der Waals surface area contributed by atoms with Crippen LogP contribution in [0, 0.1) is 11.8 Å². The fourth-order valence-corrected chi connectivity index (χ4v) is 4.98. The number of amidine groups is 1. The number of hydrogen-bond donors (Lipinski definition) is 5. The summed E-state index contributed by atoms with van der Waals surface area (Å²) in [5.41, 5.74) is 8.03. The molecule has 11 heteroatoms. The van der Waals surface area contributed by atoms with E-state index in [1.165, 1.54) is 6.92 Å². The molecule has 2 heterocycles.